The number of nitrogens with zero attached hydrogens (tertiary/aromatic N) is 2. The molecule has 0 atom stereocenters. The lowest BCUT2D eigenvalue weighted by molar-refractivity contribution is -0.175. The highest BCUT2D eigenvalue weighted by Gasteiger charge is 2.28. The molecule has 1 heterocycles. The van der Waals surface area contributed by atoms with Crippen LogP contribution < -0.4 is 4.74 Å². The average Bonchev–Trinajstić information content (AvgIpc) is 2.90. The zero-order valence-corrected chi connectivity index (χ0v) is 15.1. The first-order valence-corrected chi connectivity index (χ1v) is 8.66. The van der Waals surface area contributed by atoms with Gasteiger partial charge in [0.1, 0.15) is 12.4 Å². The Balaban J connectivity index is 1.86. The highest BCUT2D eigenvalue weighted by molar-refractivity contribution is 5.97. The summed E-state index contributed by atoms with van der Waals surface area (Å²) in [6, 6.07) is 6.93. The first kappa shape index (κ1) is 21.0. The van der Waals surface area contributed by atoms with Crippen molar-refractivity contribution in [3.8, 4) is 5.75 Å². The van der Waals surface area contributed by atoms with Crippen LogP contribution in [0.5, 0.6) is 5.75 Å². The van der Waals surface area contributed by atoms with Crippen LogP contribution in [0.4, 0.5) is 13.2 Å². The van der Waals surface area contributed by atoms with Crippen molar-refractivity contribution in [3.05, 3.63) is 29.8 Å². The van der Waals surface area contributed by atoms with E-state index in [1.807, 2.05) is 0 Å². The van der Waals surface area contributed by atoms with Gasteiger partial charge in [-0.05, 0) is 18.6 Å². The van der Waals surface area contributed by atoms with E-state index < -0.39 is 12.8 Å². The molecule has 1 aliphatic heterocycles. The van der Waals surface area contributed by atoms with Gasteiger partial charge in [-0.3, -0.25) is 9.59 Å². The highest BCUT2D eigenvalue weighted by Crippen LogP contribution is 2.20. The smallest absolute Gasteiger partial charge is 0.411 e. The maximum absolute atomic E-state index is 12.7. The van der Waals surface area contributed by atoms with Crippen LogP contribution in [0.2, 0.25) is 0 Å². The van der Waals surface area contributed by atoms with Gasteiger partial charge in [0.05, 0.1) is 25.7 Å². The van der Waals surface area contributed by atoms with Crippen LogP contribution in [0.15, 0.2) is 24.3 Å². The van der Waals surface area contributed by atoms with Crippen molar-refractivity contribution in [2.24, 2.45) is 0 Å². The molecular weight excluding hydrogens is 365 g/mol. The van der Waals surface area contributed by atoms with Crippen LogP contribution in [-0.4, -0.2) is 74.3 Å². The fraction of sp³-hybridized carbons (Fsp3) is 0.556. The lowest BCUT2D eigenvalue weighted by Crippen LogP contribution is -2.37. The number of benzene rings is 1. The number of hydrogen-bond donors (Lipinski definition) is 0. The van der Waals surface area contributed by atoms with Crippen molar-refractivity contribution in [2.75, 3.05) is 46.5 Å². The van der Waals surface area contributed by atoms with Crippen molar-refractivity contribution in [2.45, 2.75) is 19.0 Å². The fourth-order valence-corrected chi connectivity index (χ4v) is 2.87. The van der Waals surface area contributed by atoms with E-state index in [0.717, 1.165) is 0 Å². The van der Waals surface area contributed by atoms with Crippen molar-refractivity contribution < 1.29 is 32.2 Å². The molecule has 0 bridgehead atoms. The number of carbonyl (C=O) groups is 2. The molecule has 0 unspecified atom stereocenters. The van der Waals surface area contributed by atoms with Crippen molar-refractivity contribution in [1.29, 1.82) is 0 Å². The molecule has 0 aromatic heterocycles. The van der Waals surface area contributed by atoms with Crippen LogP contribution in [-0.2, 0) is 9.53 Å². The van der Waals surface area contributed by atoms with Crippen LogP contribution in [0.25, 0.3) is 0 Å². The van der Waals surface area contributed by atoms with E-state index in [-0.39, 0.29) is 24.8 Å². The summed E-state index contributed by atoms with van der Waals surface area (Å²) in [5, 5.41) is 0. The molecule has 6 nitrogen and oxygen atoms in total. The Kier molecular flexibility index (Phi) is 7.46. The van der Waals surface area contributed by atoms with Gasteiger partial charge in [0.2, 0.25) is 5.91 Å². The van der Waals surface area contributed by atoms with Gasteiger partial charge in [0.25, 0.3) is 5.91 Å². The summed E-state index contributed by atoms with van der Waals surface area (Å²) in [5.41, 5.74) is 0.459. The number of ether oxygens (including phenoxy) is 2. The second-order valence-corrected chi connectivity index (χ2v) is 6.14. The molecule has 1 aliphatic rings. The Morgan fingerprint density at radius 3 is 2.44 bits per heavy atom. The molecular formula is C18H23F3N2O4. The molecule has 1 aromatic carbocycles. The van der Waals surface area contributed by atoms with E-state index >= 15 is 0 Å². The minimum absolute atomic E-state index is 0.115. The van der Waals surface area contributed by atoms with Crippen molar-refractivity contribution in [1.82, 2.24) is 9.80 Å². The molecule has 2 rings (SSSR count). The zero-order chi connectivity index (χ0) is 19.9. The van der Waals surface area contributed by atoms with Gasteiger partial charge >= 0.3 is 6.18 Å². The molecule has 0 N–H and O–H groups in total. The average molecular weight is 388 g/mol. The van der Waals surface area contributed by atoms with Crippen molar-refractivity contribution >= 4 is 11.8 Å². The van der Waals surface area contributed by atoms with Gasteiger partial charge in [0, 0.05) is 26.2 Å². The van der Waals surface area contributed by atoms with E-state index in [1.165, 1.54) is 7.11 Å². The van der Waals surface area contributed by atoms with E-state index in [2.05, 4.69) is 4.74 Å². The lowest BCUT2D eigenvalue weighted by atomic mass is 10.1. The molecule has 150 valence electrons. The number of carbonyl (C=O) groups excluding carboxylic acids is 2. The zero-order valence-electron chi connectivity index (χ0n) is 15.1. The topological polar surface area (TPSA) is 59.1 Å². The Labute approximate surface area is 155 Å². The van der Waals surface area contributed by atoms with Gasteiger partial charge in [-0.2, -0.15) is 13.2 Å². The molecule has 0 saturated carbocycles. The number of methoxy groups -OCH3 is 1. The number of amides is 2. The van der Waals surface area contributed by atoms with Gasteiger partial charge in [-0.15, -0.1) is 0 Å². The summed E-state index contributed by atoms with van der Waals surface area (Å²) < 4.78 is 45.8. The molecule has 1 aromatic rings. The van der Waals surface area contributed by atoms with Crippen molar-refractivity contribution in [3.63, 3.8) is 0 Å². The maximum atomic E-state index is 12.7. The van der Waals surface area contributed by atoms with Gasteiger partial charge in [-0.1, -0.05) is 12.1 Å². The number of halogens is 3. The predicted molar refractivity (Wildman–Crippen MR) is 91.6 cm³/mol. The summed E-state index contributed by atoms with van der Waals surface area (Å²) in [5.74, 6) is 0.0421. The summed E-state index contributed by atoms with van der Waals surface area (Å²) in [4.78, 5) is 28.1. The molecule has 0 spiro atoms. The number of alkyl halides is 3. The normalized spacial score (nSPS) is 15.4. The first-order valence-electron chi connectivity index (χ1n) is 8.66. The SMILES string of the molecule is COc1ccccc1C(=O)N1CCCN(C(=O)CCOCC(F)(F)F)CC1. The van der Waals surface area contributed by atoms with E-state index in [1.54, 1.807) is 34.1 Å². The summed E-state index contributed by atoms with van der Waals surface area (Å²) >= 11 is 0. The second kappa shape index (κ2) is 9.59. The molecule has 27 heavy (non-hydrogen) atoms. The Morgan fingerprint density at radius 1 is 1.07 bits per heavy atom. The van der Waals surface area contributed by atoms with E-state index in [9.17, 15) is 22.8 Å². The fourth-order valence-electron chi connectivity index (χ4n) is 2.87. The Hall–Kier alpha value is -2.29. The minimum atomic E-state index is -4.40. The number of rotatable bonds is 6. The highest BCUT2D eigenvalue weighted by atomic mass is 19.4. The maximum Gasteiger partial charge on any atom is 0.411 e. The van der Waals surface area contributed by atoms with Gasteiger partial charge < -0.3 is 19.3 Å². The number of hydrogen-bond acceptors (Lipinski definition) is 4. The van der Waals surface area contributed by atoms with Crippen LogP contribution in [0, 0.1) is 0 Å². The Morgan fingerprint density at radius 2 is 1.74 bits per heavy atom. The summed E-state index contributed by atoms with van der Waals surface area (Å²) in [6.45, 7) is -0.00968. The quantitative estimate of drug-likeness (QED) is 0.702. The molecule has 0 radical (unpaired) electrons. The van der Waals surface area contributed by atoms with Gasteiger partial charge in [0.15, 0.2) is 0 Å². The molecule has 9 heteroatoms. The van der Waals surface area contributed by atoms with Crippen LogP contribution in [0.3, 0.4) is 0 Å². The largest absolute Gasteiger partial charge is 0.496 e. The molecule has 0 aliphatic carbocycles. The molecule has 2 amide bonds. The van der Waals surface area contributed by atoms with Gasteiger partial charge in [-0.25, -0.2) is 0 Å². The van der Waals surface area contributed by atoms with Crippen LogP contribution >= 0.6 is 0 Å². The monoisotopic (exact) mass is 388 g/mol. The van der Waals surface area contributed by atoms with E-state index in [0.29, 0.717) is 43.9 Å². The lowest BCUT2D eigenvalue weighted by Gasteiger charge is -2.23. The third kappa shape index (κ3) is 6.42. The van der Waals surface area contributed by atoms with E-state index in [4.69, 9.17) is 4.74 Å². The summed E-state index contributed by atoms with van der Waals surface area (Å²) in [7, 11) is 1.50. The predicted octanol–water partition coefficient (Wildman–Crippen LogP) is 2.34. The standard InChI is InChI=1S/C18H23F3N2O4/c1-26-15-6-3-2-5-14(15)17(25)23-9-4-8-22(10-11-23)16(24)7-12-27-13-18(19,20)21/h2-3,5-6H,4,7-13H2,1H3. The minimum Gasteiger partial charge on any atom is -0.496 e. The third-order valence-corrected chi connectivity index (χ3v) is 4.20. The molecule has 1 saturated heterocycles. The number of para-hydroxylation sites is 1. The Bertz CT molecular complexity index is 652. The molecule has 1 fully saturated rings. The summed E-state index contributed by atoms with van der Waals surface area (Å²) in [6.07, 6.45) is -3.92. The first-order chi connectivity index (χ1) is 12.8. The third-order valence-electron chi connectivity index (χ3n) is 4.20. The van der Waals surface area contributed by atoms with Crippen LogP contribution in [0.1, 0.15) is 23.2 Å². The second-order valence-electron chi connectivity index (χ2n) is 6.14.